The molecule has 0 fully saturated rings. The predicted molar refractivity (Wildman–Crippen MR) is 97.0 cm³/mol. The first-order valence-electron chi connectivity index (χ1n) is 8.36. The van der Waals surface area contributed by atoms with Crippen molar-refractivity contribution in [1.82, 2.24) is 4.90 Å². The zero-order chi connectivity index (χ0) is 18.7. The van der Waals surface area contributed by atoms with Crippen molar-refractivity contribution in [3.05, 3.63) is 77.9 Å². The molecular weight excluding hydrogens is 339 g/mol. The van der Waals surface area contributed by atoms with Gasteiger partial charge in [0.1, 0.15) is 5.75 Å². The second-order valence-electron chi connectivity index (χ2n) is 6.35. The molecule has 5 heteroatoms. The number of alkyl halides is 3. The van der Waals surface area contributed by atoms with Crippen LogP contribution in [-0.4, -0.2) is 18.3 Å². The van der Waals surface area contributed by atoms with Gasteiger partial charge in [0.25, 0.3) is 0 Å². The lowest BCUT2D eigenvalue weighted by atomic mass is 9.98. The van der Waals surface area contributed by atoms with E-state index in [1.165, 1.54) is 28.5 Å². The van der Waals surface area contributed by atoms with Crippen molar-refractivity contribution in [1.29, 1.82) is 0 Å². The fourth-order valence-electron chi connectivity index (χ4n) is 3.07. The second-order valence-corrected chi connectivity index (χ2v) is 6.35. The number of rotatable bonds is 5. The van der Waals surface area contributed by atoms with E-state index in [-0.39, 0.29) is 11.8 Å². The fraction of sp³-hybridized carbons (Fsp3) is 0.238. The van der Waals surface area contributed by atoms with Gasteiger partial charge in [-0.2, -0.15) is 0 Å². The van der Waals surface area contributed by atoms with Crippen LogP contribution in [0.3, 0.4) is 0 Å². The lowest BCUT2D eigenvalue weighted by molar-refractivity contribution is -0.274. The Kier molecular flexibility index (Phi) is 5.18. The molecule has 0 unspecified atom stereocenters. The Balaban J connectivity index is 1.74. The molecule has 2 nitrogen and oxygen atoms in total. The molecule has 0 aliphatic rings. The van der Waals surface area contributed by atoms with Crippen LogP contribution in [0.5, 0.6) is 5.75 Å². The van der Waals surface area contributed by atoms with Crippen molar-refractivity contribution in [3.63, 3.8) is 0 Å². The van der Waals surface area contributed by atoms with E-state index < -0.39 is 6.36 Å². The third-order valence-corrected chi connectivity index (χ3v) is 4.52. The molecule has 0 aromatic heterocycles. The summed E-state index contributed by atoms with van der Waals surface area (Å²) >= 11 is 0. The summed E-state index contributed by atoms with van der Waals surface area (Å²) in [6.45, 7) is 2.75. The maximum absolute atomic E-state index is 12.2. The summed E-state index contributed by atoms with van der Waals surface area (Å²) in [6.07, 6.45) is -4.67. The minimum absolute atomic E-state index is 0.159. The topological polar surface area (TPSA) is 12.5 Å². The molecule has 0 aliphatic heterocycles. The van der Waals surface area contributed by atoms with Crippen molar-refractivity contribution in [2.75, 3.05) is 7.05 Å². The first kappa shape index (κ1) is 18.3. The molecule has 0 amide bonds. The van der Waals surface area contributed by atoms with Gasteiger partial charge in [0, 0.05) is 12.6 Å². The molecular formula is C21H20F3NO. The van der Waals surface area contributed by atoms with Gasteiger partial charge in [-0.15, -0.1) is 13.2 Å². The summed E-state index contributed by atoms with van der Waals surface area (Å²) in [6, 6.07) is 20.7. The number of hydrogen-bond acceptors (Lipinski definition) is 2. The van der Waals surface area contributed by atoms with Gasteiger partial charge >= 0.3 is 6.36 Å². The van der Waals surface area contributed by atoms with Crippen molar-refractivity contribution < 1.29 is 17.9 Å². The summed E-state index contributed by atoms with van der Waals surface area (Å²) in [5, 5.41) is 2.40. The Morgan fingerprint density at radius 3 is 2.27 bits per heavy atom. The van der Waals surface area contributed by atoms with Crippen LogP contribution in [0, 0.1) is 0 Å². The molecule has 1 atom stereocenters. The number of ether oxygens (including phenoxy) is 1. The quantitative estimate of drug-likeness (QED) is 0.560. The van der Waals surface area contributed by atoms with Crippen molar-refractivity contribution >= 4 is 10.8 Å². The Hall–Kier alpha value is -2.53. The zero-order valence-electron chi connectivity index (χ0n) is 14.6. The minimum Gasteiger partial charge on any atom is -0.406 e. The Labute approximate surface area is 150 Å². The highest BCUT2D eigenvalue weighted by Gasteiger charge is 2.31. The summed E-state index contributed by atoms with van der Waals surface area (Å²) in [4.78, 5) is 2.17. The molecule has 3 aromatic rings. The highest BCUT2D eigenvalue weighted by Crippen LogP contribution is 2.29. The van der Waals surface area contributed by atoms with E-state index in [1.54, 1.807) is 12.1 Å². The van der Waals surface area contributed by atoms with Crippen LogP contribution in [0.4, 0.5) is 13.2 Å². The van der Waals surface area contributed by atoms with Gasteiger partial charge < -0.3 is 4.74 Å². The second kappa shape index (κ2) is 7.38. The van der Waals surface area contributed by atoms with E-state index in [1.807, 2.05) is 25.2 Å². The number of fused-ring (bicyclic) bond motifs is 1. The fourth-order valence-corrected chi connectivity index (χ4v) is 3.07. The lowest BCUT2D eigenvalue weighted by Gasteiger charge is -2.26. The minimum atomic E-state index is -4.67. The van der Waals surface area contributed by atoms with Crippen LogP contribution in [-0.2, 0) is 6.54 Å². The molecule has 0 bridgehead atoms. The molecule has 0 saturated carbocycles. The lowest BCUT2D eigenvalue weighted by Crippen LogP contribution is -2.22. The summed E-state index contributed by atoms with van der Waals surface area (Å²) < 4.78 is 40.6. The molecule has 26 heavy (non-hydrogen) atoms. The molecule has 0 radical (unpaired) electrons. The first-order valence-corrected chi connectivity index (χ1v) is 8.36. The molecule has 0 aliphatic carbocycles. The average molecular weight is 359 g/mol. The summed E-state index contributed by atoms with van der Waals surface area (Å²) in [7, 11) is 2.01. The molecule has 0 spiro atoms. The van der Waals surface area contributed by atoms with E-state index >= 15 is 0 Å². The van der Waals surface area contributed by atoms with Crippen molar-refractivity contribution in [2.24, 2.45) is 0 Å². The van der Waals surface area contributed by atoms with Crippen LogP contribution in [0.2, 0.25) is 0 Å². The van der Waals surface area contributed by atoms with Gasteiger partial charge in [0.05, 0.1) is 0 Å². The van der Waals surface area contributed by atoms with Crippen molar-refractivity contribution in [3.8, 4) is 5.75 Å². The number of hydrogen-bond donors (Lipinski definition) is 0. The third kappa shape index (κ3) is 4.35. The smallest absolute Gasteiger partial charge is 0.406 e. The Morgan fingerprint density at radius 2 is 1.58 bits per heavy atom. The van der Waals surface area contributed by atoms with Crippen LogP contribution in [0.1, 0.15) is 24.1 Å². The number of halogens is 3. The van der Waals surface area contributed by atoms with E-state index in [2.05, 4.69) is 40.8 Å². The summed E-state index contributed by atoms with van der Waals surface area (Å²) in [5.41, 5.74) is 2.15. The van der Waals surface area contributed by atoms with E-state index in [0.717, 1.165) is 5.56 Å². The highest BCUT2D eigenvalue weighted by atomic mass is 19.4. The SMILES string of the molecule is C[C@H](c1cccc2ccccc12)N(C)Cc1ccc(OC(F)(F)F)cc1. The van der Waals surface area contributed by atoms with Gasteiger partial charge in [-0.1, -0.05) is 54.6 Å². The van der Waals surface area contributed by atoms with E-state index in [9.17, 15) is 13.2 Å². The third-order valence-electron chi connectivity index (χ3n) is 4.52. The van der Waals surface area contributed by atoms with Crippen LogP contribution in [0.25, 0.3) is 10.8 Å². The van der Waals surface area contributed by atoms with E-state index in [4.69, 9.17) is 0 Å². The predicted octanol–water partition coefficient (Wildman–Crippen LogP) is 5.93. The van der Waals surface area contributed by atoms with E-state index in [0.29, 0.717) is 6.54 Å². The molecule has 3 aromatic carbocycles. The van der Waals surface area contributed by atoms with Gasteiger partial charge in [-0.3, -0.25) is 4.90 Å². The monoisotopic (exact) mass is 359 g/mol. The highest BCUT2D eigenvalue weighted by molar-refractivity contribution is 5.86. The Bertz CT molecular complexity index is 869. The van der Waals surface area contributed by atoms with Crippen molar-refractivity contribution in [2.45, 2.75) is 25.9 Å². The zero-order valence-corrected chi connectivity index (χ0v) is 14.6. The van der Waals surface area contributed by atoms with Gasteiger partial charge in [-0.05, 0) is 48.0 Å². The number of benzene rings is 3. The van der Waals surface area contributed by atoms with Crippen LogP contribution < -0.4 is 4.74 Å². The first-order chi connectivity index (χ1) is 12.3. The van der Waals surface area contributed by atoms with Crippen LogP contribution >= 0.6 is 0 Å². The van der Waals surface area contributed by atoms with Gasteiger partial charge in [-0.25, -0.2) is 0 Å². The summed E-state index contributed by atoms with van der Waals surface area (Å²) in [5.74, 6) is -0.203. The van der Waals surface area contributed by atoms with Gasteiger partial charge in [0.15, 0.2) is 0 Å². The molecule has 0 N–H and O–H groups in total. The molecule has 0 saturated heterocycles. The number of nitrogens with zero attached hydrogens (tertiary/aromatic N) is 1. The molecule has 0 heterocycles. The van der Waals surface area contributed by atoms with Gasteiger partial charge in [0.2, 0.25) is 0 Å². The molecule has 3 rings (SSSR count). The largest absolute Gasteiger partial charge is 0.573 e. The normalized spacial score (nSPS) is 13.2. The van der Waals surface area contributed by atoms with Crippen LogP contribution in [0.15, 0.2) is 66.7 Å². The molecule has 136 valence electrons. The standard InChI is InChI=1S/C21H20F3NO/c1-15(19-9-5-7-17-6-3-4-8-20(17)19)25(2)14-16-10-12-18(13-11-16)26-21(22,23)24/h3-13,15H,14H2,1-2H3/t15-/m1/s1. The maximum atomic E-state index is 12.2. The average Bonchev–Trinajstić information content (AvgIpc) is 2.61. The Morgan fingerprint density at radius 1 is 0.923 bits per heavy atom. The maximum Gasteiger partial charge on any atom is 0.573 e.